The van der Waals surface area contributed by atoms with Crippen LogP contribution in [0.2, 0.25) is 10.0 Å². The maximum absolute atomic E-state index is 12.8. The number of carbonyl (C=O) groups excluding carboxylic acids is 3. The summed E-state index contributed by atoms with van der Waals surface area (Å²) in [4.78, 5) is 38.9. The molecule has 8 nitrogen and oxygen atoms in total. The highest BCUT2D eigenvalue weighted by molar-refractivity contribution is 6.33. The van der Waals surface area contributed by atoms with E-state index in [0.717, 1.165) is 4.90 Å². The number of imide groups is 1. The van der Waals surface area contributed by atoms with Gasteiger partial charge in [0.05, 0.1) is 16.4 Å². The largest absolute Gasteiger partial charge is 0.323 e. The van der Waals surface area contributed by atoms with E-state index in [2.05, 4.69) is 15.7 Å². The van der Waals surface area contributed by atoms with Crippen LogP contribution in [0.25, 0.3) is 0 Å². The predicted molar refractivity (Wildman–Crippen MR) is 103 cm³/mol. The average molecular weight is 418 g/mol. The Morgan fingerprint density at radius 2 is 1.75 bits per heavy atom. The summed E-state index contributed by atoms with van der Waals surface area (Å²) < 4.78 is 0. The molecule has 142 valence electrons. The van der Waals surface area contributed by atoms with Crippen molar-refractivity contribution >= 4 is 52.3 Å². The highest BCUT2D eigenvalue weighted by Crippen LogP contribution is 2.32. The molecule has 10 heteroatoms. The number of anilines is 2. The highest BCUT2D eigenvalue weighted by atomic mass is 35.5. The standard InChI is InChI=1S/C18H13Cl2N5O3/c19-10-5-7-11(8-6-10)25-17(27)15-16(18(25)28)24(23-22-15)9-14(26)21-13-4-2-1-3-12(13)20/h1-8,15-16H,9H2,(H,21,26)/t15-,16-/m0/s1. The minimum Gasteiger partial charge on any atom is -0.323 e. The number of fused-ring (bicyclic) bond motifs is 1. The first kappa shape index (κ1) is 18.4. The molecule has 2 aliphatic rings. The van der Waals surface area contributed by atoms with Crippen molar-refractivity contribution < 1.29 is 14.4 Å². The third kappa shape index (κ3) is 3.21. The fraction of sp³-hybridized carbons (Fsp3) is 0.167. The fourth-order valence-corrected chi connectivity index (χ4v) is 3.41. The lowest BCUT2D eigenvalue weighted by molar-refractivity contribution is -0.123. The molecule has 0 unspecified atom stereocenters. The van der Waals surface area contributed by atoms with Crippen LogP contribution in [0.5, 0.6) is 0 Å². The zero-order valence-corrected chi connectivity index (χ0v) is 15.8. The Morgan fingerprint density at radius 1 is 1.04 bits per heavy atom. The number of hydrogen-bond acceptors (Lipinski definition) is 6. The smallest absolute Gasteiger partial charge is 0.263 e. The quantitative estimate of drug-likeness (QED) is 0.773. The molecule has 3 amide bonds. The Bertz CT molecular complexity index is 995. The van der Waals surface area contributed by atoms with Gasteiger partial charge < -0.3 is 5.32 Å². The molecular formula is C18H13Cl2N5O3. The maximum atomic E-state index is 12.8. The molecule has 0 bridgehead atoms. The van der Waals surface area contributed by atoms with Crippen LogP contribution in [0.15, 0.2) is 58.9 Å². The lowest BCUT2D eigenvalue weighted by Crippen LogP contribution is -2.43. The van der Waals surface area contributed by atoms with Crippen molar-refractivity contribution in [2.24, 2.45) is 10.3 Å². The van der Waals surface area contributed by atoms with Crippen molar-refractivity contribution in [3.05, 3.63) is 58.6 Å². The monoisotopic (exact) mass is 417 g/mol. The number of benzene rings is 2. The third-order valence-corrected chi connectivity index (χ3v) is 4.98. The number of amides is 3. The first-order valence-corrected chi connectivity index (χ1v) is 9.06. The van der Waals surface area contributed by atoms with Crippen LogP contribution in [0.3, 0.4) is 0 Å². The molecule has 2 aromatic carbocycles. The summed E-state index contributed by atoms with van der Waals surface area (Å²) in [7, 11) is 0. The van der Waals surface area contributed by atoms with Gasteiger partial charge in [0.1, 0.15) is 6.54 Å². The van der Waals surface area contributed by atoms with E-state index in [-0.39, 0.29) is 6.54 Å². The summed E-state index contributed by atoms with van der Waals surface area (Å²) in [5.74, 6) is -1.42. The van der Waals surface area contributed by atoms with Crippen molar-refractivity contribution in [3.8, 4) is 0 Å². The van der Waals surface area contributed by atoms with Gasteiger partial charge >= 0.3 is 0 Å². The van der Waals surface area contributed by atoms with Crippen LogP contribution < -0.4 is 10.2 Å². The number of carbonyl (C=O) groups is 3. The van der Waals surface area contributed by atoms with E-state index >= 15 is 0 Å². The summed E-state index contributed by atoms with van der Waals surface area (Å²) in [5, 5.41) is 12.5. The number of rotatable bonds is 4. The topological polar surface area (TPSA) is 94.4 Å². The lowest BCUT2D eigenvalue weighted by Gasteiger charge is -2.20. The zero-order chi connectivity index (χ0) is 19.8. The average Bonchev–Trinajstić information content (AvgIpc) is 3.18. The molecule has 0 spiro atoms. The summed E-state index contributed by atoms with van der Waals surface area (Å²) in [5.41, 5.74) is 0.836. The number of hydrogen-bond donors (Lipinski definition) is 1. The van der Waals surface area contributed by atoms with Crippen molar-refractivity contribution in [1.29, 1.82) is 0 Å². The summed E-state index contributed by atoms with van der Waals surface area (Å²) >= 11 is 11.9. The molecule has 2 aliphatic heterocycles. The minimum absolute atomic E-state index is 0.247. The Kier molecular flexibility index (Phi) is 4.74. The van der Waals surface area contributed by atoms with Gasteiger partial charge in [-0.05, 0) is 36.4 Å². The summed E-state index contributed by atoms with van der Waals surface area (Å²) in [6.45, 7) is -0.247. The van der Waals surface area contributed by atoms with E-state index < -0.39 is 29.8 Å². The Hall–Kier alpha value is -2.97. The number of nitrogens with zero attached hydrogens (tertiary/aromatic N) is 4. The van der Waals surface area contributed by atoms with Gasteiger partial charge in [-0.1, -0.05) is 40.6 Å². The van der Waals surface area contributed by atoms with Gasteiger partial charge in [-0.3, -0.25) is 19.4 Å². The minimum atomic E-state index is -0.976. The number of nitrogens with one attached hydrogen (secondary N) is 1. The van der Waals surface area contributed by atoms with Crippen LogP contribution in [-0.2, 0) is 14.4 Å². The Balaban J connectivity index is 1.49. The van der Waals surface area contributed by atoms with Crippen molar-refractivity contribution in [3.63, 3.8) is 0 Å². The van der Waals surface area contributed by atoms with Crippen LogP contribution in [0.4, 0.5) is 11.4 Å². The van der Waals surface area contributed by atoms with Crippen molar-refractivity contribution in [2.75, 3.05) is 16.8 Å². The molecule has 0 radical (unpaired) electrons. The van der Waals surface area contributed by atoms with Gasteiger partial charge in [0, 0.05) is 5.02 Å². The van der Waals surface area contributed by atoms with E-state index in [1.807, 2.05) is 0 Å². The first-order valence-electron chi connectivity index (χ1n) is 8.31. The maximum Gasteiger partial charge on any atom is 0.263 e. The molecule has 1 N–H and O–H groups in total. The normalized spacial score (nSPS) is 20.6. The van der Waals surface area contributed by atoms with Gasteiger partial charge in [-0.25, -0.2) is 4.90 Å². The third-order valence-electron chi connectivity index (χ3n) is 4.40. The van der Waals surface area contributed by atoms with Crippen molar-refractivity contribution in [2.45, 2.75) is 12.1 Å². The fourth-order valence-electron chi connectivity index (χ4n) is 3.10. The van der Waals surface area contributed by atoms with Gasteiger partial charge in [-0.2, -0.15) is 5.11 Å². The van der Waals surface area contributed by atoms with Crippen molar-refractivity contribution in [1.82, 2.24) is 5.01 Å². The molecule has 0 aromatic heterocycles. The van der Waals surface area contributed by atoms with Gasteiger partial charge in [0.15, 0.2) is 12.1 Å². The van der Waals surface area contributed by atoms with Gasteiger partial charge in [-0.15, -0.1) is 0 Å². The SMILES string of the molecule is O=C(CN1N=N[C@@H]2C(=O)N(c3ccc(Cl)cc3)C(=O)[C@H]21)Nc1ccccc1Cl. The molecule has 28 heavy (non-hydrogen) atoms. The molecule has 2 atom stereocenters. The zero-order valence-electron chi connectivity index (χ0n) is 14.3. The van der Waals surface area contributed by atoms with Crippen LogP contribution in [0.1, 0.15) is 0 Å². The molecule has 4 rings (SSSR count). The molecule has 1 saturated heterocycles. The van der Waals surface area contributed by atoms with Gasteiger partial charge in [0.2, 0.25) is 5.91 Å². The Morgan fingerprint density at radius 3 is 2.46 bits per heavy atom. The van der Waals surface area contributed by atoms with Crippen LogP contribution >= 0.6 is 23.2 Å². The second-order valence-corrected chi connectivity index (χ2v) is 7.05. The Labute approximate surface area is 169 Å². The first-order chi connectivity index (χ1) is 13.5. The predicted octanol–water partition coefficient (Wildman–Crippen LogP) is 2.93. The second kappa shape index (κ2) is 7.21. The van der Waals surface area contributed by atoms with E-state index in [4.69, 9.17) is 23.2 Å². The second-order valence-electron chi connectivity index (χ2n) is 6.21. The molecule has 0 aliphatic carbocycles. The molecule has 1 fully saturated rings. The molecule has 2 heterocycles. The van der Waals surface area contributed by atoms with E-state index in [9.17, 15) is 14.4 Å². The molecular weight excluding hydrogens is 405 g/mol. The van der Waals surface area contributed by atoms with Crippen LogP contribution in [-0.4, -0.2) is 41.4 Å². The lowest BCUT2D eigenvalue weighted by atomic mass is 10.1. The summed E-state index contributed by atoms with van der Waals surface area (Å²) in [6.07, 6.45) is 0. The molecule has 2 aromatic rings. The molecule has 0 saturated carbocycles. The highest BCUT2D eigenvalue weighted by Gasteiger charge is 2.55. The van der Waals surface area contributed by atoms with E-state index in [1.165, 1.54) is 5.01 Å². The van der Waals surface area contributed by atoms with Gasteiger partial charge in [0.25, 0.3) is 11.8 Å². The van der Waals surface area contributed by atoms with E-state index in [1.54, 1.807) is 48.5 Å². The van der Waals surface area contributed by atoms with E-state index in [0.29, 0.717) is 21.4 Å². The number of para-hydroxylation sites is 1. The number of halogens is 2. The summed E-state index contributed by atoms with van der Waals surface area (Å²) in [6, 6.07) is 11.2. The van der Waals surface area contributed by atoms with Crippen LogP contribution in [0, 0.1) is 0 Å².